The Balaban J connectivity index is 2.41. The average molecular weight is 271 g/mol. The molecule has 0 bridgehead atoms. The van der Waals surface area contributed by atoms with Crippen LogP contribution in [0.2, 0.25) is 0 Å². The van der Waals surface area contributed by atoms with Crippen LogP contribution in [0.4, 0.5) is 4.79 Å². The molecule has 0 saturated carbocycles. The van der Waals surface area contributed by atoms with E-state index in [1.807, 2.05) is 23.9 Å². The van der Waals surface area contributed by atoms with Crippen molar-refractivity contribution in [1.82, 2.24) is 15.1 Å². The summed E-state index contributed by atoms with van der Waals surface area (Å²) >= 11 is 0. The van der Waals surface area contributed by atoms with Gasteiger partial charge in [0, 0.05) is 32.1 Å². The Morgan fingerprint density at radius 1 is 1.37 bits per heavy atom. The monoisotopic (exact) mass is 271 g/mol. The molecule has 0 radical (unpaired) electrons. The Hall–Kier alpha value is -1.30. The van der Waals surface area contributed by atoms with Crippen LogP contribution in [0, 0.1) is 0 Å². The summed E-state index contributed by atoms with van der Waals surface area (Å²) in [6.07, 6.45) is 3.67. The minimum atomic E-state index is -0.793. The number of aliphatic carboxylic acids is 1. The van der Waals surface area contributed by atoms with E-state index in [1.165, 1.54) is 0 Å². The maximum absolute atomic E-state index is 12.1. The van der Waals surface area contributed by atoms with Gasteiger partial charge in [-0.1, -0.05) is 0 Å². The summed E-state index contributed by atoms with van der Waals surface area (Å²) in [4.78, 5) is 26.5. The van der Waals surface area contributed by atoms with Gasteiger partial charge < -0.3 is 20.2 Å². The second-order valence-electron chi connectivity index (χ2n) is 5.31. The van der Waals surface area contributed by atoms with Crippen LogP contribution in [0.5, 0.6) is 0 Å². The number of hydrogen-bond acceptors (Lipinski definition) is 3. The highest BCUT2D eigenvalue weighted by molar-refractivity contribution is 5.74. The van der Waals surface area contributed by atoms with Crippen LogP contribution in [0.1, 0.15) is 32.1 Å². The third kappa shape index (κ3) is 5.92. The molecule has 1 saturated heterocycles. The highest BCUT2D eigenvalue weighted by atomic mass is 16.4. The quantitative estimate of drug-likeness (QED) is 0.755. The largest absolute Gasteiger partial charge is 0.481 e. The molecule has 0 aromatic carbocycles. The Morgan fingerprint density at radius 3 is 2.74 bits per heavy atom. The van der Waals surface area contributed by atoms with Crippen LogP contribution < -0.4 is 5.32 Å². The first-order chi connectivity index (χ1) is 9.00. The first-order valence-corrected chi connectivity index (χ1v) is 6.91. The van der Waals surface area contributed by atoms with Crippen molar-refractivity contribution in [2.45, 2.75) is 38.1 Å². The normalized spacial score (nSPS) is 19.5. The second kappa shape index (κ2) is 7.99. The molecule has 1 aliphatic heterocycles. The lowest BCUT2D eigenvalue weighted by atomic mass is 9.98. The maximum atomic E-state index is 12.1. The zero-order valence-electron chi connectivity index (χ0n) is 11.9. The molecule has 110 valence electrons. The molecule has 1 rings (SSSR count). The number of carbonyl (C=O) groups is 2. The van der Waals surface area contributed by atoms with Gasteiger partial charge in [-0.15, -0.1) is 0 Å². The number of piperidine rings is 1. The molecule has 2 N–H and O–H groups in total. The van der Waals surface area contributed by atoms with E-state index in [0.717, 1.165) is 32.4 Å². The molecular formula is C13H25N3O3. The van der Waals surface area contributed by atoms with Crippen molar-refractivity contribution in [2.24, 2.45) is 0 Å². The van der Waals surface area contributed by atoms with Crippen molar-refractivity contribution >= 4 is 12.0 Å². The average Bonchev–Trinajstić information content (AvgIpc) is 2.36. The van der Waals surface area contributed by atoms with Gasteiger partial charge in [-0.25, -0.2) is 4.79 Å². The smallest absolute Gasteiger partial charge is 0.317 e. The Labute approximate surface area is 114 Å². The Kier molecular flexibility index (Phi) is 6.62. The fourth-order valence-corrected chi connectivity index (χ4v) is 2.35. The summed E-state index contributed by atoms with van der Waals surface area (Å²) < 4.78 is 0. The molecule has 0 aromatic rings. The lowest BCUT2D eigenvalue weighted by Gasteiger charge is -2.35. The van der Waals surface area contributed by atoms with Gasteiger partial charge in [-0.3, -0.25) is 4.79 Å². The van der Waals surface area contributed by atoms with Gasteiger partial charge in [-0.05, 0) is 39.8 Å². The van der Waals surface area contributed by atoms with Crippen molar-refractivity contribution in [3.63, 3.8) is 0 Å². The number of likely N-dealkylation sites (tertiary alicyclic amines) is 1. The molecule has 0 aliphatic carbocycles. The molecule has 6 heteroatoms. The number of amides is 2. The van der Waals surface area contributed by atoms with Gasteiger partial charge in [-0.2, -0.15) is 0 Å². The molecule has 1 fully saturated rings. The van der Waals surface area contributed by atoms with E-state index < -0.39 is 5.97 Å². The standard InChI is InChI=1S/C13H25N3O3/c1-15(2)10-8-14-13(19)16-9-4-3-5-11(16)6-7-12(17)18/h11H,3-10H2,1-2H3,(H,14,19)(H,17,18). The molecule has 19 heavy (non-hydrogen) atoms. The molecular weight excluding hydrogens is 246 g/mol. The molecule has 2 amide bonds. The number of nitrogens with one attached hydrogen (secondary N) is 1. The van der Waals surface area contributed by atoms with E-state index in [9.17, 15) is 9.59 Å². The molecule has 1 aliphatic rings. The SMILES string of the molecule is CN(C)CCNC(=O)N1CCCCC1CCC(=O)O. The van der Waals surface area contributed by atoms with Crippen molar-refractivity contribution in [3.8, 4) is 0 Å². The number of likely N-dealkylation sites (N-methyl/N-ethyl adjacent to an activating group) is 1. The molecule has 1 atom stereocenters. The van der Waals surface area contributed by atoms with Crippen LogP contribution >= 0.6 is 0 Å². The number of carboxylic acid groups (broad SMARTS) is 1. The van der Waals surface area contributed by atoms with Gasteiger partial charge >= 0.3 is 12.0 Å². The minimum Gasteiger partial charge on any atom is -0.481 e. The van der Waals surface area contributed by atoms with Gasteiger partial charge in [0.1, 0.15) is 0 Å². The van der Waals surface area contributed by atoms with Crippen LogP contribution in [0.15, 0.2) is 0 Å². The van der Waals surface area contributed by atoms with Gasteiger partial charge in [0.15, 0.2) is 0 Å². The lowest BCUT2D eigenvalue weighted by molar-refractivity contribution is -0.137. The summed E-state index contributed by atoms with van der Waals surface area (Å²) in [6, 6.07) is 0.0149. The maximum Gasteiger partial charge on any atom is 0.317 e. The number of carbonyl (C=O) groups excluding carboxylic acids is 1. The summed E-state index contributed by atoms with van der Waals surface area (Å²) in [6.45, 7) is 2.16. The summed E-state index contributed by atoms with van der Waals surface area (Å²) in [5.41, 5.74) is 0. The van der Waals surface area contributed by atoms with E-state index in [1.54, 1.807) is 0 Å². The highest BCUT2D eigenvalue weighted by Crippen LogP contribution is 2.20. The molecule has 0 spiro atoms. The molecule has 0 aromatic heterocycles. The number of carboxylic acids is 1. The highest BCUT2D eigenvalue weighted by Gasteiger charge is 2.26. The zero-order valence-corrected chi connectivity index (χ0v) is 11.9. The first-order valence-electron chi connectivity index (χ1n) is 6.91. The first kappa shape index (κ1) is 15.8. The van der Waals surface area contributed by atoms with Gasteiger partial charge in [0.25, 0.3) is 0 Å². The van der Waals surface area contributed by atoms with Crippen LogP contribution in [0.3, 0.4) is 0 Å². The lowest BCUT2D eigenvalue weighted by Crippen LogP contribution is -2.49. The zero-order chi connectivity index (χ0) is 14.3. The number of rotatable bonds is 6. The number of urea groups is 1. The number of hydrogen-bond donors (Lipinski definition) is 2. The predicted molar refractivity (Wildman–Crippen MR) is 73.2 cm³/mol. The second-order valence-corrected chi connectivity index (χ2v) is 5.31. The third-order valence-electron chi connectivity index (χ3n) is 3.41. The molecule has 1 unspecified atom stereocenters. The van der Waals surface area contributed by atoms with Gasteiger partial charge in [0.05, 0.1) is 0 Å². The predicted octanol–water partition coefficient (Wildman–Crippen LogP) is 0.977. The van der Waals surface area contributed by atoms with Crippen molar-refractivity contribution in [3.05, 3.63) is 0 Å². The minimum absolute atomic E-state index is 0.0584. The number of nitrogens with zero attached hydrogens (tertiary/aromatic N) is 2. The summed E-state index contributed by atoms with van der Waals surface area (Å²) in [5.74, 6) is -0.793. The Bertz CT molecular complexity index is 308. The summed E-state index contributed by atoms with van der Waals surface area (Å²) in [5, 5.41) is 11.6. The van der Waals surface area contributed by atoms with E-state index in [-0.39, 0.29) is 18.5 Å². The third-order valence-corrected chi connectivity index (χ3v) is 3.41. The van der Waals surface area contributed by atoms with Crippen LogP contribution in [-0.2, 0) is 4.79 Å². The van der Waals surface area contributed by atoms with Crippen LogP contribution in [0.25, 0.3) is 0 Å². The molecule has 6 nitrogen and oxygen atoms in total. The van der Waals surface area contributed by atoms with Crippen molar-refractivity contribution in [1.29, 1.82) is 0 Å². The fraction of sp³-hybridized carbons (Fsp3) is 0.846. The van der Waals surface area contributed by atoms with E-state index >= 15 is 0 Å². The fourth-order valence-electron chi connectivity index (χ4n) is 2.35. The van der Waals surface area contributed by atoms with E-state index in [4.69, 9.17) is 5.11 Å². The molecule has 1 heterocycles. The summed E-state index contributed by atoms with van der Waals surface area (Å²) in [7, 11) is 3.92. The Morgan fingerprint density at radius 2 is 2.11 bits per heavy atom. The van der Waals surface area contributed by atoms with Crippen LogP contribution in [-0.4, -0.2) is 66.7 Å². The van der Waals surface area contributed by atoms with E-state index in [0.29, 0.717) is 13.0 Å². The van der Waals surface area contributed by atoms with Gasteiger partial charge in [0.2, 0.25) is 0 Å². The topological polar surface area (TPSA) is 72.9 Å². The van der Waals surface area contributed by atoms with Crippen molar-refractivity contribution in [2.75, 3.05) is 33.7 Å². The van der Waals surface area contributed by atoms with E-state index in [2.05, 4.69) is 5.32 Å². The van der Waals surface area contributed by atoms with Crippen molar-refractivity contribution < 1.29 is 14.7 Å².